The number of hydrogen-bond acceptors (Lipinski definition) is 4. The van der Waals surface area contributed by atoms with E-state index in [1.807, 2.05) is 0 Å². The van der Waals surface area contributed by atoms with Crippen molar-refractivity contribution < 1.29 is 13.9 Å². The Labute approximate surface area is 124 Å². The molecule has 6 heteroatoms. The van der Waals surface area contributed by atoms with Crippen molar-refractivity contribution in [2.45, 2.75) is 13.8 Å². The Kier molecular flexibility index (Phi) is 4.44. The van der Waals surface area contributed by atoms with Crippen molar-refractivity contribution in [3.63, 3.8) is 0 Å². The molecular formula is C14H12BrFN2O2. The molecule has 0 atom stereocenters. The average molecular weight is 339 g/mol. The van der Waals surface area contributed by atoms with Crippen molar-refractivity contribution in [2.75, 3.05) is 6.61 Å². The van der Waals surface area contributed by atoms with Gasteiger partial charge in [-0.15, -0.1) is 0 Å². The van der Waals surface area contributed by atoms with Crippen LogP contribution in [-0.2, 0) is 4.74 Å². The number of nitrogens with zero attached hydrogens (tertiary/aromatic N) is 2. The lowest BCUT2D eigenvalue weighted by atomic mass is 10.2. The highest BCUT2D eigenvalue weighted by Gasteiger charge is 2.14. The van der Waals surface area contributed by atoms with Crippen molar-refractivity contribution in [3.05, 3.63) is 45.9 Å². The van der Waals surface area contributed by atoms with Gasteiger partial charge in [-0.05, 0) is 32.0 Å². The first-order chi connectivity index (χ1) is 9.51. The van der Waals surface area contributed by atoms with Crippen LogP contribution in [0.3, 0.4) is 0 Å². The largest absolute Gasteiger partial charge is 0.462 e. The van der Waals surface area contributed by atoms with Crippen LogP contribution in [-0.4, -0.2) is 22.5 Å². The van der Waals surface area contributed by atoms with Gasteiger partial charge in [-0.25, -0.2) is 19.2 Å². The van der Waals surface area contributed by atoms with Gasteiger partial charge in [0, 0.05) is 16.2 Å². The lowest BCUT2D eigenvalue weighted by Gasteiger charge is -2.07. The monoisotopic (exact) mass is 338 g/mol. The van der Waals surface area contributed by atoms with Crippen LogP contribution in [0.4, 0.5) is 4.39 Å². The summed E-state index contributed by atoms with van der Waals surface area (Å²) in [6.07, 6.45) is 1.40. The molecule has 0 N–H and O–H groups in total. The Morgan fingerprint density at radius 1 is 1.40 bits per heavy atom. The van der Waals surface area contributed by atoms with Gasteiger partial charge in [0.1, 0.15) is 5.82 Å². The minimum Gasteiger partial charge on any atom is -0.462 e. The van der Waals surface area contributed by atoms with Crippen molar-refractivity contribution in [1.82, 2.24) is 9.97 Å². The number of aryl methyl sites for hydroxylation is 1. The number of rotatable bonds is 3. The molecule has 0 fully saturated rings. The van der Waals surface area contributed by atoms with E-state index in [1.54, 1.807) is 19.9 Å². The molecule has 1 aromatic carbocycles. The van der Waals surface area contributed by atoms with E-state index in [9.17, 15) is 9.18 Å². The number of carbonyl (C=O) groups is 1. The first kappa shape index (κ1) is 14.6. The lowest BCUT2D eigenvalue weighted by molar-refractivity contribution is 0.0524. The first-order valence-electron chi connectivity index (χ1n) is 5.98. The van der Waals surface area contributed by atoms with E-state index in [2.05, 4.69) is 25.9 Å². The molecule has 0 spiro atoms. The number of carbonyl (C=O) groups excluding carboxylic acids is 1. The maximum Gasteiger partial charge on any atom is 0.341 e. The van der Waals surface area contributed by atoms with Crippen molar-refractivity contribution in [3.8, 4) is 11.4 Å². The summed E-state index contributed by atoms with van der Waals surface area (Å²) >= 11 is 3.22. The molecule has 1 heterocycles. The van der Waals surface area contributed by atoms with Gasteiger partial charge in [-0.2, -0.15) is 0 Å². The second-order valence-corrected chi connectivity index (χ2v) is 4.99. The molecule has 0 aliphatic rings. The maximum absolute atomic E-state index is 13.4. The highest BCUT2D eigenvalue weighted by molar-refractivity contribution is 9.10. The number of benzene rings is 1. The minimum atomic E-state index is -0.461. The minimum absolute atomic E-state index is 0.289. The van der Waals surface area contributed by atoms with Crippen LogP contribution in [0, 0.1) is 12.7 Å². The predicted octanol–water partition coefficient (Wildman–Crippen LogP) is 3.53. The summed E-state index contributed by atoms with van der Waals surface area (Å²) in [5.74, 6) is -0.488. The number of esters is 1. The van der Waals surface area contributed by atoms with Crippen molar-refractivity contribution >= 4 is 21.9 Å². The van der Waals surface area contributed by atoms with Crippen molar-refractivity contribution in [2.24, 2.45) is 0 Å². The summed E-state index contributed by atoms with van der Waals surface area (Å²) < 4.78 is 18.9. The number of hydrogen-bond donors (Lipinski definition) is 0. The summed E-state index contributed by atoms with van der Waals surface area (Å²) in [6.45, 7) is 3.70. The first-order valence-corrected chi connectivity index (χ1v) is 6.77. The van der Waals surface area contributed by atoms with Crippen LogP contribution in [0.25, 0.3) is 11.4 Å². The molecule has 0 saturated heterocycles. The van der Waals surface area contributed by atoms with E-state index in [-0.39, 0.29) is 12.4 Å². The molecule has 0 aliphatic heterocycles. The smallest absolute Gasteiger partial charge is 0.341 e. The molecule has 0 bridgehead atoms. The van der Waals surface area contributed by atoms with Crippen LogP contribution < -0.4 is 0 Å². The van der Waals surface area contributed by atoms with Gasteiger partial charge < -0.3 is 4.74 Å². The van der Waals surface area contributed by atoms with Crippen LogP contribution >= 0.6 is 15.9 Å². The molecule has 0 aliphatic carbocycles. The Morgan fingerprint density at radius 2 is 2.15 bits per heavy atom. The van der Waals surface area contributed by atoms with E-state index in [1.165, 1.54) is 18.3 Å². The SMILES string of the molecule is CCOC(=O)c1cnc(-c2cc(F)cc(Br)c2)nc1C. The zero-order chi connectivity index (χ0) is 14.7. The molecule has 2 aromatic rings. The fourth-order valence-corrected chi connectivity index (χ4v) is 2.16. The summed E-state index contributed by atoms with van der Waals surface area (Å²) in [7, 11) is 0. The third-order valence-corrected chi connectivity index (χ3v) is 3.05. The van der Waals surface area contributed by atoms with Gasteiger partial charge >= 0.3 is 5.97 Å². The summed E-state index contributed by atoms with van der Waals surface area (Å²) in [5, 5.41) is 0. The fourth-order valence-electron chi connectivity index (χ4n) is 1.70. The highest BCUT2D eigenvalue weighted by atomic mass is 79.9. The van der Waals surface area contributed by atoms with Crippen LogP contribution in [0.2, 0.25) is 0 Å². The second kappa shape index (κ2) is 6.09. The topological polar surface area (TPSA) is 52.1 Å². The molecule has 1 aromatic heterocycles. The Balaban J connectivity index is 2.40. The zero-order valence-corrected chi connectivity index (χ0v) is 12.6. The Bertz CT molecular complexity index is 641. The summed E-state index contributed by atoms with van der Waals surface area (Å²) in [6, 6.07) is 4.40. The van der Waals surface area contributed by atoms with E-state index < -0.39 is 5.97 Å². The lowest BCUT2D eigenvalue weighted by Crippen LogP contribution is -2.09. The van der Waals surface area contributed by atoms with Crippen LogP contribution in [0.1, 0.15) is 23.0 Å². The van der Waals surface area contributed by atoms with Gasteiger partial charge in [0.05, 0.1) is 17.9 Å². The van der Waals surface area contributed by atoms with E-state index in [4.69, 9.17) is 4.74 Å². The number of ether oxygens (including phenoxy) is 1. The third kappa shape index (κ3) is 3.19. The number of aromatic nitrogens is 2. The normalized spacial score (nSPS) is 10.4. The Morgan fingerprint density at radius 3 is 2.75 bits per heavy atom. The molecule has 104 valence electrons. The van der Waals surface area contributed by atoms with Gasteiger partial charge in [-0.1, -0.05) is 15.9 Å². The van der Waals surface area contributed by atoms with E-state index >= 15 is 0 Å². The molecule has 0 radical (unpaired) electrons. The standard InChI is InChI=1S/C14H12BrFN2O2/c1-3-20-14(19)12-7-17-13(18-8(12)2)9-4-10(15)6-11(16)5-9/h4-7H,3H2,1-2H3. The number of halogens is 2. The fraction of sp³-hybridized carbons (Fsp3) is 0.214. The molecule has 0 unspecified atom stereocenters. The Hall–Kier alpha value is -1.82. The van der Waals surface area contributed by atoms with Crippen LogP contribution in [0.15, 0.2) is 28.9 Å². The third-order valence-electron chi connectivity index (χ3n) is 2.60. The van der Waals surface area contributed by atoms with E-state index in [0.717, 1.165) is 0 Å². The van der Waals surface area contributed by atoms with Gasteiger partial charge in [-0.3, -0.25) is 0 Å². The highest BCUT2D eigenvalue weighted by Crippen LogP contribution is 2.22. The zero-order valence-electron chi connectivity index (χ0n) is 11.0. The molecule has 0 saturated carbocycles. The summed E-state index contributed by atoms with van der Waals surface area (Å²) in [4.78, 5) is 20.0. The molecule has 2 rings (SSSR count). The van der Waals surface area contributed by atoms with E-state index in [0.29, 0.717) is 27.1 Å². The molecule has 0 amide bonds. The average Bonchev–Trinajstić information content (AvgIpc) is 2.37. The van der Waals surface area contributed by atoms with Crippen LogP contribution in [0.5, 0.6) is 0 Å². The second-order valence-electron chi connectivity index (χ2n) is 4.07. The molecule has 4 nitrogen and oxygen atoms in total. The predicted molar refractivity (Wildman–Crippen MR) is 75.8 cm³/mol. The molecular weight excluding hydrogens is 327 g/mol. The van der Waals surface area contributed by atoms with Gasteiger partial charge in [0.2, 0.25) is 0 Å². The van der Waals surface area contributed by atoms with Gasteiger partial charge in [0.15, 0.2) is 5.82 Å². The summed E-state index contributed by atoms with van der Waals surface area (Å²) in [5.41, 5.74) is 1.34. The quantitative estimate of drug-likeness (QED) is 0.803. The van der Waals surface area contributed by atoms with Crippen molar-refractivity contribution in [1.29, 1.82) is 0 Å². The van der Waals surface area contributed by atoms with Gasteiger partial charge in [0.25, 0.3) is 0 Å². The maximum atomic E-state index is 13.4. The molecule has 20 heavy (non-hydrogen) atoms.